The topological polar surface area (TPSA) is 84.7 Å². The van der Waals surface area contributed by atoms with E-state index in [-0.39, 0.29) is 11.2 Å². The molecule has 0 fully saturated rings. The number of rotatable bonds is 4. The highest BCUT2D eigenvalue weighted by atomic mass is 32.2. The first kappa shape index (κ1) is 23.1. The molecule has 3 aromatic heterocycles. The maximum atomic E-state index is 13.0. The maximum absolute atomic E-state index is 13.0. The number of carbonyl (C=O) groups is 1. The van der Waals surface area contributed by atoms with Crippen LogP contribution in [0.4, 0.5) is 11.5 Å². The quantitative estimate of drug-likeness (QED) is 0.404. The first-order valence-electron chi connectivity index (χ1n) is 11.6. The molecule has 1 amide bonds. The van der Waals surface area contributed by atoms with Crippen molar-refractivity contribution in [2.75, 3.05) is 16.4 Å². The highest BCUT2D eigenvalue weighted by molar-refractivity contribution is 7.99. The fraction of sp³-hybridized carbons (Fsp3) is 0.259. The molecule has 2 N–H and O–H groups in total. The third kappa shape index (κ3) is 4.53. The van der Waals surface area contributed by atoms with Gasteiger partial charge in [-0.15, -0.1) is 11.8 Å². The normalized spacial score (nSPS) is 17.3. The first-order chi connectivity index (χ1) is 16.9. The van der Waals surface area contributed by atoms with Gasteiger partial charge in [0.1, 0.15) is 11.5 Å². The van der Waals surface area contributed by atoms with Crippen molar-refractivity contribution < 1.29 is 4.79 Å². The van der Waals surface area contributed by atoms with E-state index < -0.39 is 0 Å². The summed E-state index contributed by atoms with van der Waals surface area (Å²) in [7, 11) is 1.97. The van der Waals surface area contributed by atoms with Crippen molar-refractivity contribution in [1.82, 2.24) is 19.7 Å². The Labute approximate surface area is 209 Å². The van der Waals surface area contributed by atoms with E-state index in [0.29, 0.717) is 11.6 Å². The number of nitrogens with one attached hydrogen (secondary N) is 2. The molecule has 0 saturated carbocycles. The molecular weight excluding hydrogens is 456 g/mol. The summed E-state index contributed by atoms with van der Waals surface area (Å²) in [4.78, 5) is 21.8. The number of hydrogen-bond acceptors (Lipinski definition) is 6. The molecule has 178 valence electrons. The van der Waals surface area contributed by atoms with E-state index in [1.807, 2.05) is 72.9 Å². The van der Waals surface area contributed by atoms with E-state index in [0.717, 1.165) is 45.5 Å². The Hall–Kier alpha value is -3.65. The number of hydrogen-bond donors (Lipinski definition) is 2. The van der Waals surface area contributed by atoms with Crippen LogP contribution >= 0.6 is 11.8 Å². The van der Waals surface area contributed by atoms with Crippen molar-refractivity contribution >= 4 is 29.2 Å². The molecule has 0 saturated heterocycles. The molecule has 35 heavy (non-hydrogen) atoms. The van der Waals surface area contributed by atoms with Crippen LogP contribution in [-0.2, 0) is 7.05 Å². The van der Waals surface area contributed by atoms with Gasteiger partial charge in [0.05, 0.1) is 22.3 Å². The predicted molar refractivity (Wildman–Crippen MR) is 142 cm³/mol. The van der Waals surface area contributed by atoms with E-state index in [1.54, 1.807) is 12.4 Å². The number of amides is 1. The standard InChI is InChI=1S/C27H28N6OS/c1-16-14-19(27(34)31-21-9-7-13-28-18(21)3)10-11-20(16)25-23-24(22-8-5-6-12-29-22)32-33(4)26(23)30-17(2)15-35-25/h5-14,17,25,30H,15H2,1-4H3,(H,31,34). The SMILES string of the molecule is Cc1cc(C(=O)Nc2cccnc2C)ccc1C1SCC(C)Nc2c1c(-c1ccccn1)nn2C. The lowest BCUT2D eigenvalue weighted by atomic mass is 9.96. The van der Waals surface area contributed by atoms with Crippen molar-refractivity contribution in [1.29, 1.82) is 0 Å². The van der Waals surface area contributed by atoms with Crippen molar-refractivity contribution in [2.45, 2.75) is 32.1 Å². The Balaban J connectivity index is 1.53. The van der Waals surface area contributed by atoms with Gasteiger partial charge in [0.15, 0.2) is 0 Å². The minimum atomic E-state index is -0.143. The molecule has 0 bridgehead atoms. The maximum Gasteiger partial charge on any atom is 0.255 e. The Bertz CT molecular complexity index is 1380. The molecule has 7 nitrogen and oxygen atoms in total. The number of anilines is 2. The highest BCUT2D eigenvalue weighted by Crippen LogP contribution is 2.47. The smallest absolute Gasteiger partial charge is 0.255 e. The zero-order valence-electron chi connectivity index (χ0n) is 20.2. The molecule has 1 aliphatic heterocycles. The van der Waals surface area contributed by atoms with Crippen molar-refractivity contribution in [3.05, 3.63) is 88.9 Å². The second kappa shape index (κ2) is 9.54. The lowest BCUT2D eigenvalue weighted by Gasteiger charge is -2.19. The minimum absolute atomic E-state index is 0.0610. The number of carbonyl (C=O) groups excluding carboxylic acids is 1. The van der Waals surface area contributed by atoms with Gasteiger partial charge in [0.2, 0.25) is 0 Å². The van der Waals surface area contributed by atoms with Gasteiger partial charge in [0.25, 0.3) is 5.91 Å². The van der Waals surface area contributed by atoms with E-state index in [9.17, 15) is 4.79 Å². The van der Waals surface area contributed by atoms with Crippen molar-refractivity contribution in [2.24, 2.45) is 7.05 Å². The van der Waals surface area contributed by atoms with Crippen LogP contribution in [-0.4, -0.2) is 37.5 Å². The van der Waals surface area contributed by atoms with Crippen LogP contribution in [0.2, 0.25) is 0 Å². The van der Waals surface area contributed by atoms with E-state index >= 15 is 0 Å². The average Bonchev–Trinajstić information content (AvgIpc) is 3.06. The van der Waals surface area contributed by atoms with Gasteiger partial charge in [-0.05, 0) is 68.3 Å². The minimum Gasteiger partial charge on any atom is -0.367 e. The third-order valence-electron chi connectivity index (χ3n) is 6.22. The monoisotopic (exact) mass is 484 g/mol. The number of fused-ring (bicyclic) bond motifs is 1. The Kier molecular flexibility index (Phi) is 6.30. The van der Waals surface area contributed by atoms with Gasteiger partial charge in [-0.3, -0.25) is 19.4 Å². The van der Waals surface area contributed by atoms with Crippen LogP contribution in [0, 0.1) is 13.8 Å². The summed E-state index contributed by atoms with van der Waals surface area (Å²) in [6, 6.07) is 15.8. The van der Waals surface area contributed by atoms with Gasteiger partial charge in [-0.2, -0.15) is 5.10 Å². The molecule has 4 aromatic rings. The highest BCUT2D eigenvalue weighted by Gasteiger charge is 2.32. The van der Waals surface area contributed by atoms with Crippen LogP contribution < -0.4 is 10.6 Å². The molecule has 0 radical (unpaired) electrons. The average molecular weight is 485 g/mol. The molecule has 2 unspecified atom stereocenters. The summed E-state index contributed by atoms with van der Waals surface area (Å²) in [5.41, 5.74) is 7.24. The van der Waals surface area contributed by atoms with Gasteiger partial charge < -0.3 is 10.6 Å². The molecule has 4 heterocycles. The fourth-order valence-electron chi connectivity index (χ4n) is 4.42. The van der Waals surface area contributed by atoms with Crippen LogP contribution in [0.1, 0.15) is 44.9 Å². The zero-order chi connectivity index (χ0) is 24.5. The molecule has 8 heteroatoms. The van der Waals surface area contributed by atoms with Gasteiger partial charge in [-0.1, -0.05) is 12.1 Å². The summed E-state index contributed by atoms with van der Waals surface area (Å²) < 4.78 is 1.92. The molecule has 0 spiro atoms. The molecule has 5 rings (SSSR count). The lowest BCUT2D eigenvalue weighted by molar-refractivity contribution is 0.102. The number of nitrogens with zero attached hydrogens (tertiary/aromatic N) is 4. The van der Waals surface area contributed by atoms with Gasteiger partial charge in [-0.25, -0.2) is 0 Å². The summed E-state index contributed by atoms with van der Waals surface area (Å²) in [5.74, 6) is 1.82. The third-order valence-corrected chi connectivity index (χ3v) is 7.73. The molecular formula is C27H28N6OS. The van der Waals surface area contributed by atoms with E-state index in [2.05, 4.69) is 40.5 Å². The van der Waals surface area contributed by atoms with Crippen LogP contribution in [0.25, 0.3) is 11.4 Å². The van der Waals surface area contributed by atoms with Crippen LogP contribution in [0.15, 0.2) is 60.9 Å². The summed E-state index contributed by atoms with van der Waals surface area (Å²) >= 11 is 1.89. The number of benzene rings is 1. The second-order valence-electron chi connectivity index (χ2n) is 8.87. The van der Waals surface area contributed by atoms with Gasteiger partial charge >= 0.3 is 0 Å². The van der Waals surface area contributed by atoms with E-state index in [1.165, 1.54) is 5.56 Å². The zero-order valence-corrected chi connectivity index (χ0v) is 21.1. The lowest BCUT2D eigenvalue weighted by Crippen LogP contribution is -2.18. The number of pyridine rings is 2. The van der Waals surface area contributed by atoms with Gasteiger partial charge in [0, 0.05) is 42.4 Å². The molecule has 1 aromatic carbocycles. The largest absolute Gasteiger partial charge is 0.367 e. The van der Waals surface area contributed by atoms with Crippen molar-refractivity contribution in [3.63, 3.8) is 0 Å². The first-order valence-corrected chi connectivity index (χ1v) is 12.7. The Morgan fingerprint density at radius 2 is 1.94 bits per heavy atom. The Morgan fingerprint density at radius 3 is 2.69 bits per heavy atom. The number of aromatic nitrogens is 4. The number of thioether (sulfide) groups is 1. The summed E-state index contributed by atoms with van der Waals surface area (Å²) in [6.07, 6.45) is 3.52. The van der Waals surface area contributed by atoms with E-state index in [4.69, 9.17) is 5.10 Å². The second-order valence-corrected chi connectivity index (χ2v) is 10.0. The number of aryl methyl sites for hydroxylation is 3. The molecule has 0 aliphatic carbocycles. The Morgan fingerprint density at radius 1 is 1.11 bits per heavy atom. The predicted octanol–water partition coefficient (Wildman–Crippen LogP) is 5.38. The van der Waals surface area contributed by atoms with Crippen LogP contribution in [0.3, 0.4) is 0 Å². The summed E-state index contributed by atoms with van der Waals surface area (Å²) in [5, 5.41) is 11.5. The summed E-state index contributed by atoms with van der Waals surface area (Å²) in [6.45, 7) is 6.14. The van der Waals surface area contributed by atoms with Crippen LogP contribution in [0.5, 0.6) is 0 Å². The molecule has 2 atom stereocenters. The molecule has 1 aliphatic rings. The fourth-order valence-corrected chi connectivity index (χ4v) is 5.82. The van der Waals surface area contributed by atoms with Crippen molar-refractivity contribution in [3.8, 4) is 11.4 Å².